The zero-order valence-electron chi connectivity index (χ0n) is 3.65. The molecule has 0 aromatic carbocycles. The van der Waals surface area contributed by atoms with Crippen molar-refractivity contribution >= 4 is 6.34 Å². The Morgan fingerprint density at radius 1 is 2.00 bits per heavy atom. The smallest absolute Gasteiger partial charge is 1.00 e. The van der Waals surface area contributed by atoms with Gasteiger partial charge in [0.05, 0.1) is 6.34 Å². The summed E-state index contributed by atoms with van der Waals surface area (Å²) >= 11 is 0. The molecule has 2 nitrogen and oxygen atoms in total. The van der Waals surface area contributed by atoms with Crippen LogP contribution in [0.2, 0.25) is 0 Å². The first kappa shape index (κ1) is 9.10. The topological polar surface area (TPSA) is 49.9 Å². The van der Waals surface area contributed by atoms with Gasteiger partial charge in [0.1, 0.15) is 0 Å². The molecule has 3 heteroatoms. The zero-order valence-corrected chi connectivity index (χ0v) is 8.93. The first-order valence-electron chi connectivity index (χ1n) is 0.622. The van der Waals surface area contributed by atoms with Gasteiger partial charge < -0.3 is 7.16 Å². The molecular formula is CH5CsN2. The van der Waals surface area contributed by atoms with Crippen molar-refractivity contribution in [3.8, 4) is 0 Å². The SMILES string of the molecule is N=CN.[Cs+].[H-]. The van der Waals surface area contributed by atoms with Gasteiger partial charge >= 0.3 is 68.9 Å². The summed E-state index contributed by atoms with van der Waals surface area (Å²) in [7, 11) is 0. The zero-order chi connectivity index (χ0) is 2.71. The van der Waals surface area contributed by atoms with E-state index in [4.69, 9.17) is 5.41 Å². The molecule has 4 heavy (non-hydrogen) atoms. The molecule has 0 unspecified atom stereocenters. The Balaban J connectivity index is -0.0000000200. The minimum absolute atomic E-state index is 0. The fourth-order valence-corrected chi connectivity index (χ4v) is 0. The number of nitrogens with one attached hydrogen (secondary N) is 1. The standard InChI is InChI=1S/CH4N2.Cs.H/c2-1-3;;/h1H,(H3,2,3);;/q;+1;-1. The molecule has 0 atom stereocenters. The molecule has 0 aliphatic heterocycles. The summed E-state index contributed by atoms with van der Waals surface area (Å²) < 4.78 is 0. The van der Waals surface area contributed by atoms with Gasteiger partial charge in [0, 0.05) is 0 Å². The predicted octanol–water partition coefficient (Wildman–Crippen LogP) is -3.33. The summed E-state index contributed by atoms with van der Waals surface area (Å²) in [5.74, 6) is 0. The minimum Gasteiger partial charge on any atom is -1.00 e. The summed E-state index contributed by atoms with van der Waals surface area (Å²) in [5.41, 5.74) is 4.39. The van der Waals surface area contributed by atoms with Crippen molar-refractivity contribution < 1.29 is 70.3 Å². The maximum atomic E-state index is 5.86. The molecule has 0 saturated carbocycles. The Labute approximate surface area is 85.6 Å². The van der Waals surface area contributed by atoms with Gasteiger partial charge in [0.25, 0.3) is 0 Å². The van der Waals surface area contributed by atoms with E-state index in [1.165, 1.54) is 0 Å². The molecule has 0 amide bonds. The second kappa shape index (κ2) is 8.82. The van der Waals surface area contributed by atoms with Crippen LogP contribution in [-0.4, -0.2) is 6.34 Å². The molecule has 0 aliphatic carbocycles. The fraction of sp³-hybridized carbons (Fsp3) is 0. The van der Waals surface area contributed by atoms with Crippen molar-refractivity contribution in [3.05, 3.63) is 0 Å². The summed E-state index contributed by atoms with van der Waals surface area (Å²) in [6.07, 6.45) is 0.750. The Bertz CT molecular complexity index is 17.1. The Kier molecular flexibility index (Phi) is 20.1. The molecule has 0 aromatic rings. The normalized spacial score (nSPS) is 3.00. The van der Waals surface area contributed by atoms with Crippen LogP contribution in [0.15, 0.2) is 0 Å². The maximum Gasteiger partial charge on any atom is 1.00 e. The molecule has 0 radical (unpaired) electrons. The van der Waals surface area contributed by atoms with Crippen LogP contribution in [0.25, 0.3) is 0 Å². The first-order chi connectivity index (χ1) is 1.41. The molecular weight excluding hydrogens is 173 g/mol. The summed E-state index contributed by atoms with van der Waals surface area (Å²) in [6.45, 7) is 0. The van der Waals surface area contributed by atoms with Gasteiger partial charge in [-0.1, -0.05) is 0 Å². The Morgan fingerprint density at radius 3 is 2.00 bits per heavy atom. The van der Waals surface area contributed by atoms with Gasteiger partial charge in [-0.2, -0.15) is 0 Å². The van der Waals surface area contributed by atoms with Gasteiger partial charge in [-0.25, -0.2) is 0 Å². The van der Waals surface area contributed by atoms with Crippen LogP contribution in [0.1, 0.15) is 1.43 Å². The van der Waals surface area contributed by atoms with Gasteiger partial charge in [-0.05, 0) is 0 Å². The van der Waals surface area contributed by atoms with Crippen LogP contribution >= 0.6 is 0 Å². The second-order valence-electron chi connectivity index (χ2n) is 0.167. The summed E-state index contributed by atoms with van der Waals surface area (Å²) in [4.78, 5) is 0. The van der Waals surface area contributed by atoms with Crippen molar-refractivity contribution in [2.75, 3.05) is 0 Å². The third-order valence-electron chi connectivity index (χ3n) is 0. The van der Waals surface area contributed by atoms with E-state index in [-0.39, 0.29) is 70.3 Å². The van der Waals surface area contributed by atoms with Gasteiger partial charge in [-0.15, -0.1) is 0 Å². The molecule has 0 heterocycles. The van der Waals surface area contributed by atoms with Gasteiger partial charge in [0.2, 0.25) is 0 Å². The summed E-state index contributed by atoms with van der Waals surface area (Å²) in [6, 6.07) is 0. The minimum atomic E-state index is 0. The quantitative estimate of drug-likeness (QED) is 0.296. The van der Waals surface area contributed by atoms with E-state index in [1.54, 1.807) is 0 Å². The van der Waals surface area contributed by atoms with Crippen LogP contribution in [0.3, 0.4) is 0 Å². The van der Waals surface area contributed by atoms with E-state index in [9.17, 15) is 0 Å². The molecule has 0 saturated heterocycles. The Morgan fingerprint density at radius 2 is 2.00 bits per heavy atom. The number of nitrogens with two attached hydrogens (primary N) is 1. The molecule has 0 aromatic heterocycles. The largest absolute Gasteiger partial charge is 1.00 e. The van der Waals surface area contributed by atoms with E-state index in [1.807, 2.05) is 0 Å². The molecule has 0 bridgehead atoms. The average Bonchev–Trinajstić information content (AvgIpc) is 0.918. The predicted molar refractivity (Wildman–Crippen MR) is 14.1 cm³/mol. The van der Waals surface area contributed by atoms with E-state index >= 15 is 0 Å². The van der Waals surface area contributed by atoms with Crippen LogP contribution in [0, 0.1) is 5.41 Å². The number of rotatable bonds is 0. The Hall–Kier alpha value is 1.52. The third kappa shape index (κ3) is 9.67. The monoisotopic (exact) mass is 178 g/mol. The number of hydrogen-bond donors (Lipinski definition) is 2. The van der Waals surface area contributed by atoms with Crippen LogP contribution in [-0.2, 0) is 0 Å². The molecule has 0 aliphatic rings. The average molecular weight is 178 g/mol. The summed E-state index contributed by atoms with van der Waals surface area (Å²) in [5, 5.41) is 5.86. The third-order valence-corrected chi connectivity index (χ3v) is 0. The van der Waals surface area contributed by atoms with Crippen molar-refractivity contribution in [1.29, 1.82) is 5.41 Å². The molecule has 0 rings (SSSR count). The van der Waals surface area contributed by atoms with E-state index in [0.717, 1.165) is 6.34 Å². The maximum absolute atomic E-state index is 5.86. The molecule has 3 N–H and O–H groups in total. The van der Waals surface area contributed by atoms with E-state index < -0.39 is 0 Å². The van der Waals surface area contributed by atoms with E-state index in [2.05, 4.69) is 5.73 Å². The van der Waals surface area contributed by atoms with Crippen LogP contribution < -0.4 is 74.6 Å². The second-order valence-corrected chi connectivity index (χ2v) is 0.167. The van der Waals surface area contributed by atoms with Crippen LogP contribution in [0.5, 0.6) is 0 Å². The van der Waals surface area contributed by atoms with Crippen molar-refractivity contribution in [3.63, 3.8) is 0 Å². The molecule has 0 fully saturated rings. The van der Waals surface area contributed by atoms with Crippen molar-refractivity contribution in [1.82, 2.24) is 0 Å². The van der Waals surface area contributed by atoms with Gasteiger partial charge in [0.15, 0.2) is 0 Å². The first-order valence-corrected chi connectivity index (χ1v) is 0.622. The molecule has 20 valence electrons. The molecule has 0 spiro atoms. The van der Waals surface area contributed by atoms with Crippen molar-refractivity contribution in [2.45, 2.75) is 0 Å². The fourth-order valence-electron chi connectivity index (χ4n) is 0. The van der Waals surface area contributed by atoms with Crippen molar-refractivity contribution in [2.24, 2.45) is 5.73 Å². The van der Waals surface area contributed by atoms with Gasteiger partial charge in [-0.3, -0.25) is 5.41 Å². The van der Waals surface area contributed by atoms with E-state index in [0.29, 0.717) is 0 Å². The number of hydrogen-bond acceptors (Lipinski definition) is 1. The van der Waals surface area contributed by atoms with Crippen LogP contribution in [0.4, 0.5) is 0 Å².